The van der Waals surface area contributed by atoms with Gasteiger partial charge in [0.15, 0.2) is 0 Å². The summed E-state index contributed by atoms with van der Waals surface area (Å²) in [7, 11) is 0. The van der Waals surface area contributed by atoms with Crippen LogP contribution in [0.5, 0.6) is 0 Å². The van der Waals surface area contributed by atoms with Crippen LogP contribution in [-0.4, -0.2) is 9.61 Å². The monoisotopic (exact) mass is 254 g/mol. The van der Waals surface area contributed by atoms with E-state index in [0.29, 0.717) is 11.4 Å². The van der Waals surface area contributed by atoms with Gasteiger partial charge in [-0.2, -0.15) is 18.3 Å². The van der Waals surface area contributed by atoms with Crippen LogP contribution in [0.2, 0.25) is 0 Å². The fourth-order valence-electron chi connectivity index (χ4n) is 2.56. The van der Waals surface area contributed by atoms with Crippen molar-refractivity contribution >= 4 is 5.52 Å². The first-order valence-corrected chi connectivity index (χ1v) is 6.03. The van der Waals surface area contributed by atoms with Crippen LogP contribution in [0, 0.1) is 6.92 Å². The Kier molecular flexibility index (Phi) is 2.40. The summed E-state index contributed by atoms with van der Waals surface area (Å²) in [6, 6.07) is 2.29. The zero-order chi connectivity index (χ0) is 12.9. The van der Waals surface area contributed by atoms with Crippen molar-refractivity contribution in [2.75, 3.05) is 0 Å². The molecular formula is C13H13F3N2. The van der Waals surface area contributed by atoms with E-state index in [0.717, 1.165) is 36.6 Å². The second-order valence-electron chi connectivity index (χ2n) is 4.87. The number of halogens is 3. The van der Waals surface area contributed by atoms with Gasteiger partial charge in [-0.3, -0.25) is 0 Å². The summed E-state index contributed by atoms with van der Waals surface area (Å²) in [5.74, 6) is 0.381. The fourth-order valence-corrected chi connectivity index (χ4v) is 2.56. The molecule has 1 aliphatic carbocycles. The summed E-state index contributed by atoms with van der Waals surface area (Å²) in [5, 5.41) is 4.29. The van der Waals surface area contributed by atoms with Gasteiger partial charge >= 0.3 is 6.18 Å². The number of rotatable bonds is 1. The Hall–Kier alpha value is -1.52. The lowest BCUT2D eigenvalue weighted by Gasteiger charge is -2.25. The van der Waals surface area contributed by atoms with Crippen molar-refractivity contribution in [2.24, 2.45) is 0 Å². The largest absolute Gasteiger partial charge is 0.416 e. The zero-order valence-electron chi connectivity index (χ0n) is 9.96. The van der Waals surface area contributed by atoms with Gasteiger partial charge in [-0.1, -0.05) is 6.42 Å². The molecule has 0 N–H and O–H groups in total. The highest BCUT2D eigenvalue weighted by Crippen LogP contribution is 2.41. The van der Waals surface area contributed by atoms with Crippen LogP contribution in [0.4, 0.5) is 13.2 Å². The minimum Gasteiger partial charge on any atom is -0.240 e. The van der Waals surface area contributed by atoms with E-state index in [1.165, 1.54) is 12.3 Å². The Labute approximate surface area is 102 Å². The summed E-state index contributed by atoms with van der Waals surface area (Å²) in [5.41, 5.74) is 1.84. The highest BCUT2D eigenvalue weighted by Gasteiger charge is 2.32. The quantitative estimate of drug-likeness (QED) is 0.753. The molecule has 0 atom stereocenters. The van der Waals surface area contributed by atoms with Crippen molar-refractivity contribution in [3.8, 4) is 0 Å². The number of hydrogen-bond acceptors (Lipinski definition) is 1. The van der Waals surface area contributed by atoms with E-state index < -0.39 is 11.7 Å². The number of aromatic nitrogens is 2. The topological polar surface area (TPSA) is 17.3 Å². The van der Waals surface area contributed by atoms with E-state index in [2.05, 4.69) is 5.10 Å². The van der Waals surface area contributed by atoms with Crippen LogP contribution in [0.3, 0.4) is 0 Å². The SMILES string of the molecule is Cc1nn2ccc(C(F)(F)F)cc2c1C1CCC1. The van der Waals surface area contributed by atoms with Crippen molar-refractivity contribution in [3.05, 3.63) is 35.2 Å². The summed E-state index contributed by atoms with van der Waals surface area (Å²) in [6.07, 6.45) is 0.363. The van der Waals surface area contributed by atoms with Gasteiger partial charge in [0.25, 0.3) is 0 Å². The van der Waals surface area contributed by atoms with Gasteiger partial charge in [0.1, 0.15) is 0 Å². The van der Waals surface area contributed by atoms with Crippen molar-refractivity contribution < 1.29 is 13.2 Å². The molecule has 0 aliphatic heterocycles. The molecule has 96 valence electrons. The molecule has 18 heavy (non-hydrogen) atoms. The number of aryl methyl sites for hydroxylation is 1. The van der Waals surface area contributed by atoms with Crippen molar-refractivity contribution in [1.29, 1.82) is 0 Å². The average molecular weight is 254 g/mol. The highest BCUT2D eigenvalue weighted by atomic mass is 19.4. The number of alkyl halides is 3. The van der Waals surface area contributed by atoms with Crippen LogP contribution in [0.15, 0.2) is 18.3 Å². The predicted molar refractivity (Wildman–Crippen MR) is 61.5 cm³/mol. The van der Waals surface area contributed by atoms with Gasteiger partial charge in [0.05, 0.1) is 16.8 Å². The van der Waals surface area contributed by atoms with Crippen LogP contribution < -0.4 is 0 Å². The smallest absolute Gasteiger partial charge is 0.240 e. The molecule has 0 bridgehead atoms. The number of hydrogen-bond donors (Lipinski definition) is 0. The standard InChI is InChI=1S/C13H13F3N2/c1-8-12(9-3-2-4-9)11-7-10(13(14,15)16)5-6-18(11)17-8/h5-7,9H,2-4H2,1H3. The predicted octanol–water partition coefficient (Wildman–Crippen LogP) is 3.93. The van der Waals surface area contributed by atoms with Gasteiger partial charge < -0.3 is 0 Å². The molecule has 1 aliphatic rings. The van der Waals surface area contributed by atoms with Gasteiger partial charge in [0.2, 0.25) is 0 Å². The molecule has 0 spiro atoms. The molecule has 2 aromatic rings. The minimum absolute atomic E-state index is 0.381. The molecule has 0 saturated heterocycles. The van der Waals surface area contributed by atoms with Crippen LogP contribution in [0.1, 0.15) is 42.0 Å². The average Bonchev–Trinajstić information content (AvgIpc) is 2.51. The minimum atomic E-state index is -4.29. The zero-order valence-corrected chi connectivity index (χ0v) is 9.96. The Bertz CT molecular complexity index is 594. The maximum atomic E-state index is 12.7. The molecule has 1 saturated carbocycles. The third kappa shape index (κ3) is 1.69. The Morgan fingerprint density at radius 2 is 2.06 bits per heavy atom. The van der Waals surface area contributed by atoms with E-state index in [1.54, 1.807) is 4.52 Å². The first-order valence-electron chi connectivity index (χ1n) is 6.03. The first-order chi connectivity index (χ1) is 8.47. The van der Waals surface area contributed by atoms with Gasteiger partial charge in [-0.15, -0.1) is 0 Å². The second kappa shape index (κ2) is 3.73. The normalized spacial score (nSPS) is 17.1. The Morgan fingerprint density at radius 1 is 1.33 bits per heavy atom. The van der Waals surface area contributed by atoms with Crippen molar-refractivity contribution in [2.45, 2.75) is 38.3 Å². The molecule has 0 radical (unpaired) electrons. The molecule has 2 nitrogen and oxygen atoms in total. The van der Waals surface area contributed by atoms with E-state index in [4.69, 9.17) is 0 Å². The first kappa shape index (κ1) is 11.6. The van der Waals surface area contributed by atoms with Crippen LogP contribution >= 0.6 is 0 Å². The van der Waals surface area contributed by atoms with Crippen LogP contribution in [-0.2, 0) is 6.18 Å². The van der Waals surface area contributed by atoms with Gasteiger partial charge in [-0.05, 0) is 37.8 Å². The Balaban J connectivity index is 2.18. The van der Waals surface area contributed by atoms with E-state index in [9.17, 15) is 13.2 Å². The lowest BCUT2D eigenvalue weighted by atomic mass is 9.79. The summed E-state index contributed by atoms with van der Waals surface area (Å²) < 4.78 is 39.7. The summed E-state index contributed by atoms with van der Waals surface area (Å²) >= 11 is 0. The molecule has 2 aromatic heterocycles. The van der Waals surface area contributed by atoms with E-state index in [1.807, 2.05) is 6.92 Å². The molecular weight excluding hydrogens is 241 g/mol. The van der Waals surface area contributed by atoms with Crippen LogP contribution in [0.25, 0.3) is 5.52 Å². The Morgan fingerprint density at radius 3 is 2.61 bits per heavy atom. The lowest BCUT2D eigenvalue weighted by Crippen LogP contribution is -2.10. The molecule has 3 rings (SSSR count). The third-order valence-electron chi connectivity index (χ3n) is 3.70. The number of nitrogens with zero attached hydrogens (tertiary/aromatic N) is 2. The van der Waals surface area contributed by atoms with Crippen molar-refractivity contribution in [3.63, 3.8) is 0 Å². The fraction of sp³-hybridized carbons (Fsp3) is 0.462. The number of pyridine rings is 1. The second-order valence-corrected chi connectivity index (χ2v) is 4.87. The maximum absolute atomic E-state index is 12.7. The molecule has 0 aromatic carbocycles. The number of fused-ring (bicyclic) bond motifs is 1. The highest BCUT2D eigenvalue weighted by molar-refractivity contribution is 5.60. The van der Waals surface area contributed by atoms with Crippen molar-refractivity contribution in [1.82, 2.24) is 9.61 Å². The van der Waals surface area contributed by atoms with Gasteiger partial charge in [0, 0.05) is 11.8 Å². The summed E-state index contributed by atoms with van der Waals surface area (Å²) in [4.78, 5) is 0. The third-order valence-corrected chi connectivity index (χ3v) is 3.70. The molecule has 0 unspecified atom stereocenters. The molecule has 0 amide bonds. The molecule has 1 fully saturated rings. The van der Waals surface area contributed by atoms with Gasteiger partial charge in [-0.25, -0.2) is 4.52 Å². The lowest BCUT2D eigenvalue weighted by molar-refractivity contribution is -0.137. The maximum Gasteiger partial charge on any atom is 0.416 e. The molecule has 2 heterocycles. The molecule has 5 heteroatoms. The van der Waals surface area contributed by atoms with E-state index >= 15 is 0 Å². The summed E-state index contributed by atoms with van der Waals surface area (Å²) in [6.45, 7) is 1.87. The van der Waals surface area contributed by atoms with E-state index in [-0.39, 0.29) is 0 Å².